The van der Waals surface area contributed by atoms with E-state index in [-0.39, 0.29) is 27.6 Å². The van der Waals surface area contributed by atoms with Gasteiger partial charge in [-0.05, 0) is 31.5 Å². The maximum Gasteiger partial charge on any atom is 0.433 e. The smallest absolute Gasteiger partial charge is 0.433 e. The van der Waals surface area contributed by atoms with E-state index in [1.807, 2.05) is 6.92 Å². The van der Waals surface area contributed by atoms with Crippen LogP contribution in [0.4, 0.5) is 18.9 Å². The molecule has 1 aliphatic heterocycles. The van der Waals surface area contributed by atoms with Crippen molar-refractivity contribution in [3.63, 3.8) is 0 Å². The molecule has 1 unspecified atom stereocenters. The molecule has 1 aliphatic rings. The van der Waals surface area contributed by atoms with Crippen molar-refractivity contribution < 1.29 is 32.2 Å². The third kappa shape index (κ3) is 4.21. The SMILES string of the molecule is COP(=O)(Nc1cc(C2=CCN=C2C(F)(F)F)sc1C(=O)O)c1ccc(C)cc1C. The molecule has 160 valence electrons. The Balaban J connectivity index is 2.05. The number of anilines is 1. The number of thiophene rings is 1. The van der Waals surface area contributed by atoms with Crippen molar-refractivity contribution in [1.29, 1.82) is 0 Å². The zero-order valence-corrected chi connectivity index (χ0v) is 17.9. The number of hydrogen-bond donors (Lipinski definition) is 2. The second kappa shape index (κ2) is 8.02. The summed E-state index contributed by atoms with van der Waals surface area (Å²) in [6, 6.07) is 6.39. The molecular weight excluding hydrogens is 440 g/mol. The first-order chi connectivity index (χ1) is 14.0. The molecule has 6 nitrogen and oxygen atoms in total. The summed E-state index contributed by atoms with van der Waals surface area (Å²) in [5, 5.41) is 12.5. The first-order valence-corrected chi connectivity index (χ1v) is 11.1. The van der Waals surface area contributed by atoms with E-state index >= 15 is 0 Å². The fourth-order valence-corrected chi connectivity index (χ4v) is 5.90. The normalized spacial score (nSPS) is 16.1. The van der Waals surface area contributed by atoms with Crippen LogP contribution in [0.15, 0.2) is 35.3 Å². The monoisotopic (exact) mass is 458 g/mol. The average molecular weight is 458 g/mol. The maximum atomic E-state index is 13.5. The third-order valence-corrected chi connectivity index (χ3v) is 7.80. The number of carboxylic acid groups (broad SMARTS) is 1. The molecule has 1 aromatic carbocycles. The zero-order valence-electron chi connectivity index (χ0n) is 16.2. The third-order valence-electron chi connectivity index (χ3n) is 4.45. The quantitative estimate of drug-likeness (QED) is 0.593. The van der Waals surface area contributed by atoms with E-state index in [9.17, 15) is 27.6 Å². The minimum Gasteiger partial charge on any atom is -0.477 e. The number of allylic oxidation sites excluding steroid dienone is 1. The van der Waals surface area contributed by atoms with E-state index in [1.165, 1.54) is 19.3 Å². The molecule has 30 heavy (non-hydrogen) atoms. The topological polar surface area (TPSA) is 88.0 Å². The van der Waals surface area contributed by atoms with E-state index in [1.54, 1.807) is 25.1 Å². The van der Waals surface area contributed by atoms with Crippen LogP contribution in [0.2, 0.25) is 0 Å². The zero-order chi connectivity index (χ0) is 22.3. The molecule has 1 atom stereocenters. The Morgan fingerprint density at radius 3 is 2.57 bits per heavy atom. The van der Waals surface area contributed by atoms with Crippen molar-refractivity contribution in [2.24, 2.45) is 4.99 Å². The summed E-state index contributed by atoms with van der Waals surface area (Å²) in [6.45, 7) is 3.46. The number of carboxylic acids is 1. The van der Waals surface area contributed by atoms with Crippen LogP contribution < -0.4 is 10.4 Å². The summed E-state index contributed by atoms with van der Waals surface area (Å²) in [7, 11) is -2.53. The largest absolute Gasteiger partial charge is 0.477 e. The van der Waals surface area contributed by atoms with Crippen molar-refractivity contribution in [2.45, 2.75) is 20.0 Å². The van der Waals surface area contributed by atoms with Gasteiger partial charge in [0, 0.05) is 17.6 Å². The highest BCUT2D eigenvalue weighted by Crippen LogP contribution is 2.48. The van der Waals surface area contributed by atoms with Crippen LogP contribution in [-0.4, -0.2) is 36.6 Å². The number of benzene rings is 1. The summed E-state index contributed by atoms with van der Waals surface area (Å²) < 4.78 is 58.4. The molecule has 2 aromatic rings. The molecule has 3 rings (SSSR count). The number of hydrogen-bond acceptors (Lipinski definition) is 5. The fourth-order valence-electron chi connectivity index (χ4n) is 3.13. The molecule has 2 N–H and O–H groups in total. The predicted octanol–water partition coefficient (Wildman–Crippen LogP) is 5.04. The van der Waals surface area contributed by atoms with Gasteiger partial charge in [-0.1, -0.05) is 23.8 Å². The Morgan fingerprint density at radius 1 is 1.30 bits per heavy atom. The Morgan fingerprint density at radius 2 is 2.00 bits per heavy atom. The van der Waals surface area contributed by atoms with Crippen LogP contribution in [0.25, 0.3) is 5.57 Å². The lowest BCUT2D eigenvalue weighted by Gasteiger charge is -2.20. The molecule has 0 radical (unpaired) electrons. The van der Waals surface area contributed by atoms with Crippen molar-refractivity contribution in [3.05, 3.63) is 51.2 Å². The maximum absolute atomic E-state index is 13.5. The van der Waals surface area contributed by atoms with Crippen LogP contribution in [0, 0.1) is 13.8 Å². The number of nitrogens with zero attached hydrogens (tertiary/aromatic N) is 1. The van der Waals surface area contributed by atoms with Crippen LogP contribution in [0.1, 0.15) is 25.7 Å². The lowest BCUT2D eigenvalue weighted by molar-refractivity contribution is -0.0570. The van der Waals surface area contributed by atoms with Gasteiger partial charge in [0.1, 0.15) is 10.6 Å². The number of halogens is 3. The number of rotatable bonds is 6. The minimum atomic E-state index is -4.66. The Labute approximate surface area is 174 Å². The van der Waals surface area contributed by atoms with Gasteiger partial charge in [-0.2, -0.15) is 13.2 Å². The summed E-state index contributed by atoms with van der Waals surface area (Å²) in [5.41, 5.74) is 0.278. The van der Waals surface area contributed by atoms with Gasteiger partial charge < -0.3 is 14.7 Å². The molecule has 0 amide bonds. The summed E-state index contributed by atoms with van der Waals surface area (Å²) in [4.78, 5) is 15.0. The Hall–Kier alpha value is -2.42. The molecule has 0 bridgehead atoms. The van der Waals surface area contributed by atoms with Crippen LogP contribution in [-0.2, 0) is 9.09 Å². The molecule has 2 heterocycles. The van der Waals surface area contributed by atoms with Crippen molar-refractivity contribution in [3.8, 4) is 0 Å². The second-order valence-electron chi connectivity index (χ2n) is 6.60. The number of aryl methyl sites for hydroxylation is 2. The van der Waals surface area contributed by atoms with Crippen LogP contribution in [0.5, 0.6) is 0 Å². The lowest BCUT2D eigenvalue weighted by Crippen LogP contribution is -2.22. The molecule has 1 aromatic heterocycles. The molecule has 0 spiro atoms. The van der Waals surface area contributed by atoms with E-state index in [0.29, 0.717) is 22.2 Å². The average Bonchev–Trinajstić information content (AvgIpc) is 3.27. The highest BCUT2D eigenvalue weighted by molar-refractivity contribution is 7.68. The summed E-state index contributed by atoms with van der Waals surface area (Å²) in [6.07, 6.45) is -3.38. The van der Waals surface area contributed by atoms with Gasteiger partial charge in [0.15, 0.2) is 0 Å². The van der Waals surface area contributed by atoms with E-state index in [0.717, 1.165) is 5.56 Å². The van der Waals surface area contributed by atoms with Crippen LogP contribution in [0.3, 0.4) is 0 Å². The van der Waals surface area contributed by atoms with E-state index < -0.39 is 25.4 Å². The fraction of sp³-hybridized carbons (Fsp3) is 0.263. The van der Waals surface area contributed by atoms with Gasteiger partial charge in [-0.3, -0.25) is 9.56 Å². The number of alkyl halides is 3. The predicted molar refractivity (Wildman–Crippen MR) is 111 cm³/mol. The number of carbonyl (C=O) groups is 1. The number of nitrogens with one attached hydrogen (secondary N) is 1. The molecule has 0 aliphatic carbocycles. The Bertz CT molecular complexity index is 1120. The molecular formula is C19H18F3N2O4PS. The molecule has 0 saturated carbocycles. The lowest BCUT2D eigenvalue weighted by atomic mass is 10.1. The number of aliphatic imine (C=N–C) groups is 1. The highest BCUT2D eigenvalue weighted by Gasteiger charge is 2.41. The van der Waals surface area contributed by atoms with Crippen molar-refractivity contribution >= 4 is 47.1 Å². The van der Waals surface area contributed by atoms with Crippen molar-refractivity contribution in [1.82, 2.24) is 0 Å². The standard InChI is InChI=1S/C19H18F3N2O4PS/c1-10-4-5-14(11(2)8-10)29(27,28-3)24-13-9-15(30-16(13)18(25)26)12-6-7-23-17(12)19(20,21)22/h4-6,8-9H,7H2,1-3H3,(H,24,27)(H,25,26). The van der Waals surface area contributed by atoms with Gasteiger partial charge in [-0.25, -0.2) is 4.79 Å². The first kappa shape index (κ1) is 22.3. The molecule has 0 saturated heterocycles. The van der Waals surface area contributed by atoms with Gasteiger partial charge in [0.25, 0.3) is 0 Å². The van der Waals surface area contributed by atoms with E-state index in [2.05, 4.69) is 10.1 Å². The van der Waals surface area contributed by atoms with Gasteiger partial charge in [-0.15, -0.1) is 11.3 Å². The Kier molecular flexibility index (Phi) is 5.95. The summed E-state index contributed by atoms with van der Waals surface area (Å²) in [5.74, 6) is -1.36. The van der Waals surface area contributed by atoms with Gasteiger partial charge in [0.2, 0.25) is 0 Å². The van der Waals surface area contributed by atoms with E-state index in [4.69, 9.17) is 4.52 Å². The number of aromatic carboxylic acids is 1. The van der Waals surface area contributed by atoms with Gasteiger partial charge in [0.05, 0.1) is 17.5 Å². The highest BCUT2D eigenvalue weighted by atomic mass is 32.1. The van der Waals surface area contributed by atoms with Crippen LogP contribution >= 0.6 is 18.9 Å². The first-order valence-electron chi connectivity index (χ1n) is 8.68. The summed E-state index contributed by atoms with van der Waals surface area (Å²) >= 11 is 0.650. The minimum absolute atomic E-state index is 0.0618. The molecule has 11 heteroatoms. The second-order valence-corrected chi connectivity index (χ2v) is 9.82. The molecule has 0 fully saturated rings. The van der Waals surface area contributed by atoms with Gasteiger partial charge >= 0.3 is 19.7 Å². The van der Waals surface area contributed by atoms with Crippen molar-refractivity contribution in [2.75, 3.05) is 18.7 Å².